The van der Waals surface area contributed by atoms with Gasteiger partial charge in [0.2, 0.25) is 11.8 Å². The van der Waals surface area contributed by atoms with Crippen LogP contribution >= 0.6 is 11.8 Å². The van der Waals surface area contributed by atoms with Gasteiger partial charge in [0.1, 0.15) is 10.6 Å². The maximum atomic E-state index is 12.8. The molecule has 10 heteroatoms. The van der Waals surface area contributed by atoms with Gasteiger partial charge in [0.05, 0.1) is 24.7 Å². The molecule has 0 aliphatic carbocycles. The number of aromatic hydroxyl groups is 1. The molecule has 2 heterocycles. The Hall–Kier alpha value is -2.85. The van der Waals surface area contributed by atoms with Gasteiger partial charge in [-0.05, 0) is 24.1 Å². The molecule has 1 fully saturated rings. The summed E-state index contributed by atoms with van der Waals surface area (Å²) in [6, 6.07) is 7.48. The second-order valence-electron chi connectivity index (χ2n) is 7.12. The third-order valence-corrected chi connectivity index (χ3v) is 6.08. The lowest BCUT2D eigenvalue weighted by molar-refractivity contribution is -0.132. The van der Waals surface area contributed by atoms with Crippen molar-refractivity contribution >= 4 is 28.4 Å². The minimum absolute atomic E-state index is 0.0390. The van der Waals surface area contributed by atoms with Gasteiger partial charge in [-0.2, -0.15) is 0 Å². The Labute approximate surface area is 184 Å². The monoisotopic (exact) mass is 446 g/mol. The van der Waals surface area contributed by atoms with E-state index in [4.69, 9.17) is 4.74 Å². The summed E-state index contributed by atoms with van der Waals surface area (Å²) in [7, 11) is 2.71. The molecule has 1 aliphatic heterocycles. The van der Waals surface area contributed by atoms with Crippen LogP contribution in [0.15, 0.2) is 38.8 Å². The van der Waals surface area contributed by atoms with Crippen LogP contribution < -0.4 is 11.2 Å². The SMILES string of the molecule is CCc1ccc(N=C(SCC(=O)N2CCOCC2)c2c(O)n(C)c(=O)n(C)c2=O)cc1. The lowest BCUT2D eigenvalue weighted by Gasteiger charge is -2.26. The summed E-state index contributed by atoms with van der Waals surface area (Å²) >= 11 is 1.06. The van der Waals surface area contributed by atoms with Crippen molar-refractivity contribution < 1.29 is 14.6 Å². The van der Waals surface area contributed by atoms with Gasteiger partial charge in [-0.1, -0.05) is 30.8 Å². The van der Waals surface area contributed by atoms with Crippen LogP contribution in [-0.4, -0.2) is 62.1 Å². The summed E-state index contributed by atoms with van der Waals surface area (Å²) in [5, 5.41) is 10.8. The summed E-state index contributed by atoms with van der Waals surface area (Å²) in [4.78, 5) is 43.8. The van der Waals surface area contributed by atoms with E-state index >= 15 is 0 Å². The number of amides is 1. The lowest BCUT2D eigenvalue weighted by atomic mass is 10.1. The quantitative estimate of drug-likeness (QED) is 0.543. The first kappa shape index (κ1) is 22.8. The molecule has 0 atom stereocenters. The van der Waals surface area contributed by atoms with Crippen molar-refractivity contribution in [3.05, 3.63) is 56.2 Å². The van der Waals surface area contributed by atoms with Crippen LogP contribution in [0.2, 0.25) is 0 Å². The Morgan fingerprint density at radius 2 is 1.77 bits per heavy atom. The summed E-state index contributed by atoms with van der Waals surface area (Å²) < 4.78 is 7.17. The number of aryl methyl sites for hydroxylation is 1. The van der Waals surface area contributed by atoms with Crippen molar-refractivity contribution in [2.24, 2.45) is 19.1 Å². The van der Waals surface area contributed by atoms with Gasteiger partial charge >= 0.3 is 5.69 Å². The Morgan fingerprint density at radius 1 is 1.13 bits per heavy atom. The van der Waals surface area contributed by atoms with E-state index in [2.05, 4.69) is 4.99 Å². The summed E-state index contributed by atoms with van der Waals surface area (Å²) in [6.07, 6.45) is 0.877. The Morgan fingerprint density at radius 3 is 2.39 bits per heavy atom. The number of benzene rings is 1. The Kier molecular flexibility index (Phi) is 7.34. The number of morpholine rings is 1. The molecule has 1 aromatic heterocycles. The first-order chi connectivity index (χ1) is 14.8. The molecule has 1 aromatic carbocycles. The first-order valence-electron chi connectivity index (χ1n) is 9.98. The zero-order chi connectivity index (χ0) is 22.5. The molecule has 0 saturated carbocycles. The molecule has 0 radical (unpaired) electrons. The van der Waals surface area contributed by atoms with E-state index < -0.39 is 17.1 Å². The maximum absolute atomic E-state index is 12.8. The molecule has 0 unspecified atom stereocenters. The summed E-state index contributed by atoms with van der Waals surface area (Å²) in [5.41, 5.74) is 0.289. The standard InChI is InChI=1S/C21H26N4O5S/c1-4-14-5-7-15(8-6-14)22-18(31-13-16(26)25-9-11-30-12-10-25)17-19(27)23(2)21(29)24(3)20(17)28/h5-8,27H,4,9-13H2,1-3H3. The van der Waals surface area contributed by atoms with Crippen LogP contribution in [0, 0.1) is 0 Å². The average molecular weight is 447 g/mol. The van der Waals surface area contributed by atoms with Gasteiger partial charge in [0, 0.05) is 27.2 Å². The van der Waals surface area contributed by atoms with Crippen molar-refractivity contribution in [2.45, 2.75) is 13.3 Å². The topological polar surface area (TPSA) is 106 Å². The van der Waals surface area contributed by atoms with Crippen LogP contribution in [0.5, 0.6) is 5.88 Å². The molecule has 2 aromatic rings. The fourth-order valence-corrected chi connectivity index (χ4v) is 4.07. The molecule has 1 N–H and O–H groups in total. The molecular weight excluding hydrogens is 420 g/mol. The van der Waals surface area contributed by atoms with Gasteiger partial charge in [-0.25, -0.2) is 9.79 Å². The van der Waals surface area contributed by atoms with E-state index in [1.54, 1.807) is 4.90 Å². The van der Waals surface area contributed by atoms with Crippen molar-refractivity contribution in [2.75, 3.05) is 32.1 Å². The molecule has 0 bridgehead atoms. The summed E-state index contributed by atoms with van der Waals surface area (Å²) in [6.45, 7) is 4.05. The molecule has 166 valence electrons. The minimum Gasteiger partial charge on any atom is -0.494 e. The smallest absolute Gasteiger partial charge is 0.333 e. The number of nitrogens with zero attached hydrogens (tertiary/aromatic N) is 4. The highest BCUT2D eigenvalue weighted by molar-refractivity contribution is 8.15. The molecule has 31 heavy (non-hydrogen) atoms. The second-order valence-corrected chi connectivity index (χ2v) is 8.09. The van der Waals surface area contributed by atoms with E-state index in [1.807, 2.05) is 31.2 Å². The number of carbonyl (C=O) groups is 1. The highest BCUT2D eigenvalue weighted by Gasteiger charge is 2.23. The highest BCUT2D eigenvalue weighted by Crippen LogP contribution is 2.24. The van der Waals surface area contributed by atoms with Gasteiger partial charge < -0.3 is 14.7 Å². The van der Waals surface area contributed by atoms with Crippen LogP contribution in [0.1, 0.15) is 18.1 Å². The van der Waals surface area contributed by atoms with E-state index in [1.165, 1.54) is 14.1 Å². The van der Waals surface area contributed by atoms with Crippen LogP contribution in [0.4, 0.5) is 5.69 Å². The average Bonchev–Trinajstić information content (AvgIpc) is 2.80. The minimum atomic E-state index is -0.671. The molecule has 0 spiro atoms. The van der Waals surface area contributed by atoms with Crippen molar-refractivity contribution in [3.8, 4) is 5.88 Å². The van der Waals surface area contributed by atoms with Crippen LogP contribution in [-0.2, 0) is 30.0 Å². The lowest BCUT2D eigenvalue weighted by Crippen LogP contribution is -2.42. The van der Waals surface area contributed by atoms with Gasteiger partial charge in [0.15, 0.2) is 0 Å². The maximum Gasteiger partial charge on any atom is 0.333 e. The van der Waals surface area contributed by atoms with Crippen molar-refractivity contribution in [3.63, 3.8) is 0 Å². The third-order valence-electron chi connectivity index (χ3n) is 5.12. The third kappa shape index (κ3) is 5.08. The first-order valence-corrected chi connectivity index (χ1v) is 11.0. The van der Waals surface area contributed by atoms with E-state index in [0.29, 0.717) is 32.0 Å². The van der Waals surface area contributed by atoms with Crippen molar-refractivity contribution in [1.29, 1.82) is 0 Å². The fraction of sp³-hybridized carbons (Fsp3) is 0.429. The van der Waals surface area contributed by atoms with E-state index in [-0.39, 0.29) is 22.3 Å². The van der Waals surface area contributed by atoms with Gasteiger partial charge in [0.25, 0.3) is 5.56 Å². The Balaban J connectivity index is 2.00. The molecule has 1 saturated heterocycles. The number of aliphatic imine (C=N–C) groups is 1. The predicted octanol–water partition coefficient (Wildman–Crippen LogP) is 1.02. The number of ether oxygens (including phenoxy) is 1. The summed E-state index contributed by atoms with van der Waals surface area (Å²) in [5.74, 6) is -0.552. The highest BCUT2D eigenvalue weighted by atomic mass is 32.2. The molecule has 9 nitrogen and oxygen atoms in total. The fourth-order valence-electron chi connectivity index (χ4n) is 3.14. The predicted molar refractivity (Wildman–Crippen MR) is 120 cm³/mol. The van der Waals surface area contributed by atoms with Crippen LogP contribution in [0.3, 0.4) is 0 Å². The number of aromatic nitrogens is 2. The second kappa shape index (κ2) is 9.97. The zero-order valence-electron chi connectivity index (χ0n) is 17.8. The van der Waals surface area contributed by atoms with Crippen LogP contribution in [0.25, 0.3) is 0 Å². The zero-order valence-corrected chi connectivity index (χ0v) is 18.6. The number of hydrogen-bond acceptors (Lipinski definition) is 7. The number of thioether (sulfide) groups is 1. The number of rotatable bonds is 5. The van der Waals surface area contributed by atoms with Gasteiger partial charge in [-0.3, -0.25) is 18.7 Å². The largest absolute Gasteiger partial charge is 0.494 e. The number of carbonyl (C=O) groups excluding carboxylic acids is 1. The van der Waals surface area contributed by atoms with E-state index in [0.717, 1.165) is 32.9 Å². The normalized spacial score (nSPS) is 14.7. The molecule has 1 aliphatic rings. The molecule has 3 rings (SSSR count). The Bertz CT molecular complexity index is 1100. The number of hydrogen-bond donors (Lipinski definition) is 1. The molecular formula is C21H26N4O5S. The van der Waals surface area contributed by atoms with E-state index in [9.17, 15) is 19.5 Å². The van der Waals surface area contributed by atoms with Crippen molar-refractivity contribution in [1.82, 2.24) is 14.0 Å². The van der Waals surface area contributed by atoms with Gasteiger partial charge in [-0.15, -0.1) is 0 Å². The molecule has 1 amide bonds.